The highest BCUT2D eigenvalue weighted by Crippen LogP contribution is 1.98. The van der Waals surface area contributed by atoms with Crippen LogP contribution in [0.4, 0.5) is 0 Å². The average molecular weight is 250 g/mol. The number of benzene rings is 1. The summed E-state index contributed by atoms with van der Waals surface area (Å²) >= 11 is 0. The fourth-order valence-corrected chi connectivity index (χ4v) is 1.20. The number of hydrogen-bond acceptors (Lipinski definition) is 3. The van der Waals surface area contributed by atoms with Gasteiger partial charge in [0.2, 0.25) is 0 Å². The van der Waals surface area contributed by atoms with E-state index in [1.54, 1.807) is 13.8 Å². The lowest BCUT2D eigenvalue weighted by molar-refractivity contribution is -0.143. The van der Waals surface area contributed by atoms with Gasteiger partial charge >= 0.3 is 5.97 Å². The third-order valence-corrected chi connectivity index (χ3v) is 2.05. The number of rotatable bonds is 5. The Hall–Kier alpha value is -1.64. The fraction of sp³-hybridized carbons (Fsp3) is 0.467. The standard InChI is InChI=1S/C9H10O.C6H12O2/c1-8(10)7-9-5-3-2-4-6-9;1-3-5-8-6(7)4-2/h2-6H,7H2,1H3;3-5H2,1-2H3. The Kier molecular flexibility index (Phi) is 9.55. The summed E-state index contributed by atoms with van der Waals surface area (Å²) in [6.45, 7) is 5.93. The van der Waals surface area contributed by atoms with Crippen molar-refractivity contribution in [2.24, 2.45) is 0 Å². The molecule has 0 aliphatic rings. The van der Waals surface area contributed by atoms with E-state index in [1.807, 2.05) is 37.3 Å². The van der Waals surface area contributed by atoms with Gasteiger partial charge in [-0.1, -0.05) is 44.2 Å². The molecule has 0 N–H and O–H groups in total. The molecule has 100 valence electrons. The Balaban J connectivity index is 0.000000331. The first-order valence-corrected chi connectivity index (χ1v) is 6.29. The van der Waals surface area contributed by atoms with Crippen molar-refractivity contribution in [3.63, 3.8) is 0 Å². The fourth-order valence-electron chi connectivity index (χ4n) is 1.20. The van der Waals surface area contributed by atoms with E-state index < -0.39 is 0 Å². The van der Waals surface area contributed by atoms with Crippen LogP contribution >= 0.6 is 0 Å². The Morgan fingerprint density at radius 3 is 2.17 bits per heavy atom. The number of ketones is 1. The maximum Gasteiger partial charge on any atom is 0.305 e. The molecular weight excluding hydrogens is 228 g/mol. The Bertz CT molecular complexity index is 344. The van der Waals surface area contributed by atoms with E-state index in [9.17, 15) is 9.59 Å². The Morgan fingerprint density at radius 2 is 1.72 bits per heavy atom. The number of carbonyl (C=O) groups is 2. The molecule has 18 heavy (non-hydrogen) atoms. The van der Waals surface area contributed by atoms with Crippen molar-refractivity contribution in [2.75, 3.05) is 6.61 Å². The molecule has 0 bridgehead atoms. The van der Waals surface area contributed by atoms with E-state index in [4.69, 9.17) is 4.74 Å². The first kappa shape index (κ1) is 16.4. The third-order valence-electron chi connectivity index (χ3n) is 2.05. The van der Waals surface area contributed by atoms with Crippen LogP contribution < -0.4 is 0 Å². The van der Waals surface area contributed by atoms with Crippen LogP contribution in [0.25, 0.3) is 0 Å². The van der Waals surface area contributed by atoms with E-state index >= 15 is 0 Å². The van der Waals surface area contributed by atoms with Gasteiger partial charge < -0.3 is 4.74 Å². The zero-order valence-corrected chi connectivity index (χ0v) is 11.4. The molecular formula is C15H22O3. The topological polar surface area (TPSA) is 43.4 Å². The number of Topliss-reactive ketones (excluding diaryl/α,β-unsaturated/α-hetero) is 1. The van der Waals surface area contributed by atoms with Crippen molar-refractivity contribution < 1.29 is 14.3 Å². The normalized spacial score (nSPS) is 9.06. The summed E-state index contributed by atoms with van der Waals surface area (Å²) in [5, 5.41) is 0. The van der Waals surface area contributed by atoms with Crippen molar-refractivity contribution in [1.82, 2.24) is 0 Å². The molecule has 1 aromatic carbocycles. The summed E-state index contributed by atoms with van der Waals surface area (Å²) in [5.74, 6) is 0.109. The van der Waals surface area contributed by atoms with Crippen LogP contribution in [0.1, 0.15) is 39.2 Å². The van der Waals surface area contributed by atoms with Gasteiger partial charge in [0.15, 0.2) is 0 Å². The molecule has 0 unspecified atom stereocenters. The summed E-state index contributed by atoms with van der Waals surface area (Å²) in [5.41, 5.74) is 1.09. The molecule has 3 heteroatoms. The highest BCUT2D eigenvalue weighted by molar-refractivity contribution is 5.78. The first-order chi connectivity index (χ1) is 8.60. The largest absolute Gasteiger partial charge is 0.466 e. The molecule has 0 saturated carbocycles. The minimum Gasteiger partial charge on any atom is -0.466 e. The highest BCUT2D eigenvalue weighted by Gasteiger charge is 1.94. The molecule has 1 aromatic rings. The van der Waals surface area contributed by atoms with E-state index in [-0.39, 0.29) is 11.8 Å². The summed E-state index contributed by atoms with van der Waals surface area (Å²) < 4.78 is 4.70. The molecule has 0 spiro atoms. The lowest BCUT2D eigenvalue weighted by atomic mass is 10.1. The van der Waals surface area contributed by atoms with Crippen molar-refractivity contribution in [3.8, 4) is 0 Å². The Labute approximate surface area is 109 Å². The lowest BCUT2D eigenvalue weighted by Gasteiger charge is -1.97. The summed E-state index contributed by atoms with van der Waals surface area (Å²) in [4.78, 5) is 21.0. The summed E-state index contributed by atoms with van der Waals surface area (Å²) in [6, 6.07) is 9.75. The number of hydrogen-bond donors (Lipinski definition) is 0. The van der Waals surface area contributed by atoms with E-state index in [0.717, 1.165) is 12.0 Å². The number of carbonyl (C=O) groups excluding carboxylic acids is 2. The van der Waals surface area contributed by atoms with Gasteiger partial charge in [-0.25, -0.2) is 0 Å². The van der Waals surface area contributed by atoms with Gasteiger partial charge in [-0.2, -0.15) is 0 Å². The van der Waals surface area contributed by atoms with Crippen LogP contribution in [0.3, 0.4) is 0 Å². The maximum atomic E-state index is 10.6. The molecule has 0 radical (unpaired) electrons. The zero-order valence-electron chi connectivity index (χ0n) is 11.4. The second-order valence-corrected chi connectivity index (χ2v) is 3.94. The molecule has 0 aliphatic heterocycles. The van der Waals surface area contributed by atoms with E-state index in [1.165, 1.54) is 0 Å². The molecule has 3 nitrogen and oxygen atoms in total. The van der Waals surface area contributed by atoms with Crippen molar-refractivity contribution in [3.05, 3.63) is 35.9 Å². The van der Waals surface area contributed by atoms with Gasteiger partial charge in [-0.05, 0) is 18.9 Å². The van der Waals surface area contributed by atoms with Gasteiger partial charge in [0.05, 0.1) is 6.61 Å². The van der Waals surface area contributed by atoms with Crippen LogP contribution in [-0.4, -0.2) is 18.4 Å². The SMILES string of the molecule is CC(=O)Cc1ccccc1.CCCOC(=O)CC. The zero-order chi connectivity index (χ0) is 13.8. The quantitative estimate of drug-likeness (QED) is 0.754. The maximum absolute atomic E-state index is 10.6. The Morgan fingerprint density at radius 1 is 1.11 bits per heavy atom. The predicted molar refractivity (Wildman–Crippen MR) is 72.4 cm³/mol. The molecule has 0 fully saturated rings. The van der Waals surface area contributed by atoms with Crippen molar-refractivity contribution in [1.29, 1.82) is 0 Å². The second-order valence-electron chi connectivity index (χ2n) is 3.94. The molecule has 0 atom stereocenters. The molecule has 1 rings (SSSR count). The van der Waals surface area contributed by atoms with Crippen molar-refractivity contribution in [2.45, 2.75) is 40.0 Å². The number of ether oxygens (including phenoxy) is 1. The van der Waals surface area contributed by atoms with Gasteiger partial charge in [0.25, 0.3) is 0 Å². The van der Waals surface area contributed by atoms with Gasteiger partial charge in [-0.15, -0.1) is 0 Å². The summed E-state index contributed by atoms with van der Waals surface area (Å²) in [6.07, 6.45) is 1.95. The molecule has 0 aromatic heterocycles. The van der Waals surface area contributed by atoms with Crippen molar-refractivity contribution >= 4 is 11.8 Å². The van der Waals surface area contributed by atoms with Crippen LogP contribution in [0.15, 0.2) is 30.3 Å². The smallest absolute Gasteiger partial charge is 0.305 e. The monoisotopic (exact) mass is 250 g/mol. The van der Waals surface area contributed by atoms with E-state index in [0.29, 0.717) is 19.4 Å². The minimum atomic E-state index is -0.105. The third kappa shape index (κ3) is 9.58. The molecule has 0 saturated heterocycles. The minimum absolute atomic E-state index is 0.105. The average Bonchev–Trinajstić information content (AvgIpc) is 2.37. The summed E-state index contributed by atoms with van der Waals surface area (Å²) in [7, 11) is 0. The number of esters is 1. The van der Waals surface area contributed by atoms with E-state index in [2.05, 4.69) is 0 Å². The first-order valence-electron chi connectivity index (χ1n) is 6.29. The van der Waals surface area contributed by atoms with Crippen LogP contribution in [0.2, 0.25) is 0 Å². The van der Waals surface area contributed by atoms with Crippen LogP contribution in [-0.2, 0) is 20.7 Å². The van der Waals surface area contributed by atoms with Gasteiger partial charge in [-0.3, -0.25) is 9.59 Å². The molecule has 0 heterocycles. The van der Waals surface area contributed by atoms with Gasteiger partial charge in [0.1, 0.15) is 5.78 Å². The van der Waals surface area contributed by atoms with Crippen LogP contribution in [0.5, 0.6) is 0 Å². The highest BCUT2D eigenvalue weighted by atomic mass is 16.5. The molecule has 0 amide bonds. The predicted octanol–water partition coefficient (Wildman–Crippen LogP) is 3.17. The second kappa shape index (κ2) is 10.5. The van der Waals surface area contributed by atoms with Crippen LogP contribution in [0, 0.1) is 0 Å². The lowest BCUT2D eigenvalue weighted by Crippen LogP contribution is -2.02. The molecule has 0 aliphatic carbocycles. The van der Waals surface area contributed by atoms with Gasteiger partial charge in [0, 0.05) is 12.8 Å².